The molecule has 3 aromatic rings. The number of hydrogen-bond acceptors (Lipinski definition) is 3. The van der Waals surface area contributed by atoms with E-state index in [9.17, 15) is 4.79 Å². The molecule has 1 saturated carbocycles. The monoisotopic (exact) mass is 367 g/mol. The van der Waals surface area contributed by atoms with E-state index in [-0.39, 0.29) is 11.8 Å². The molecule has 1 atom stereocenters. The number of rotatable bonds is 3. The van der Waals surface area contributed by atoms with E-state index in [0.29, 0.717) is 35.4 Å². The van der Waals surface area contributed by atoms with Crippen LogP contribution in [-0.4, -0.2) is 32.6 Å². The zero-order valence-electron chi connectivity index (χ0n) is 14.1. The quantitative estimate of drug-likeness (QED) is 0.663. The van der Waals surface area contributed by atoms with Crippen LogP contribution in [-0.2, 0) is 6.42 Å². The van der Waals surface area contributed by atoms with Crippen LogP contribution < -0.4 is 5.32 Å². The fourth-order valence-corrected chi connectivity index (χ4v) is 3.64. The van der Waals surface area contributed by atoms with E-state index in [1.165, 1.54) is 12.8 Å². The van der Waals surface area contributed by atoms with E-state index in [4.69, 9.17) is 11.6 Å². The molecule has 3 heterocycles. The van der Waals surface area contributed by atoms with Crippen molar-refractivity contribution in [3.63, 3.8) is 0 Å². The third kappa shape index (κ3) is 2.80. The van der Waals surface area contributed by atoms with Crippen LogP contribution in [0.25, 0.3) is 11.5 Å². The van der Waals surface area contributed by atoms with Crippen molar-refractivity contribution in [2.24, 2.45) is 0 Å². The van der Waals surface area contributed by atoms with Crippen LogP contribution in [0.2, 0.25) is 5.02 Å². The summed E-state index contributed by atoms with van der Waals surface area (Å²) in [6, 6.07) is 9.82. The molecule has 1 fully saturated rings. The number of nitrogens with zero attached hydrogens (tertiary/aromatic N) is 2. The van der Waals surface area contributed by atoms with Gasteiger partial charge in [-0.05, 0) is 43.0 Å². The zero-order chi connectivity index (χ0) is 17.7. The predicted molar refractivity (Wildman–Crippen MR) is 98.4 cm³/mol. The number of nitrogens with one attached hydrogen (secondary N) is 3. The second kappa shape index (κ2) is 5.99. The molecule has 132 valence electrons. The average molecular weight is 368 g/mol. The molecule has 1 amide bonds. The number of halogens is 1. The van der Waals surface area contributed by atoms with Crippen LogP contribution in [0.5, 0.6) is 0 Å². The van der Waals surface area contributed by atoms with Crippen LogP contribution in [0.1, 0.15) is 52.1 Å². The Kier molecular flexibility index (Phi) is 3.60. The van der Waals surface area contributed by atoms with Gasteiger partial charge in [-0.15, -0.1) is 0 Å². The summed E-state index contributed by atoms with van der Waals surface area (Å²) >= 11 is 5.99. The number of carbonyl (C=O) groups excluding carboxylic acids is 1. The molecule has 5 rings (SSSR count). The van der Waals surface area contributed by atoms with E-state index < -0.39 is 0 Å². The molecule has 0 spiro atoms. The van der Waals surface area contributed by atoms with E-state index in [1.807, 2.05) is 30.3 Å². The van der Waals surface area contributed by atoms with Crippen molar-refractivity contribution in [2.75, 3.05) is 6.54 Å². The van der Waals surface area contributed by atoms with Crippen LogP contribution in [0, 0.1) is 0 Å². The maximum absolute atomic E-state index is 12.5. The first kappa shape index (κ1) is 15.6. The van der Waals surface area contributed by atoms with Gasteiger partial charge in [0.25, 0.3) is 5.91 Å². The lowest BCUT2D eigenvalue weighted by molar-refractivity contribution is 0.0950. The minimum atomic E-state index is -0.142. The van der Waals surface area contributed by atoms with Gasteiger partial charge < -0.3 is 10.3 Å². The normalized spacial score (nSPS) is 19.7. The van der Waals surface area contributed by atoms with Crippen molar-refractivity contribution in [1.29, 1.82) is 0 Å². The van der Waals surface area contributed by atoms with Crippen LogP contribution in [0.4, 0.5) is 0 Å². The summed E-state index contributed by atoms with van der Waals surface area (Å²) in [5.74, 6) is 1.27. The summed E-state index contributed by atoms with van der Waals surface area (Å²) in [5.41, 5.74) is 4.37. The number of amides is 1. The van der Waals surface area contributed by atoms with E-state index in [0.717, 1.165) is 22.6 Å². The Labute approximate surface area is 155 Å². The number of imidazole rings is 1. The van der Waals surface area contributed by atoms with Crippen LogP contribution in [0.3, 0.4) is 0 Å². The molecule has 7 heteroatoms. The molecule has 1 aromatic carbocycles. The highest BCUT2D eigenvalue weighted by Gasteiger charge is 2.29. The Morgan fingerprint density at radius 2 is 1.92 bits per heavy atom. The SMILES string of the molecule is O=C1NC[C@H](c2ccc(Cl)cc2)Cc2[nH]c(-c3cc(C4CC4)[nH]n3)nc21. The van der Waals surface area contributed by atoms with Gasteiger partial charge in [0, 0.05) is 34.8 Å². The smallest absolute Gasteiger partial charge is 0.271 e. The molecule has 26 heavy (non-hydrogen) atoms. The van der Waals surface area contributed by atoms with Gasteiger partial charge in [0.15, 0.2) is 5.82 Å². The van der Waals surface area contributed by atoms with Gasteiger partial charge in [0.05, 0.1) is 0 Å². The van der Waals surface area contributed by atoms with Crippen LogP contribution in [0.15, 0.2) is 30.3 Å². The third-order valence-corrected chi connectivity index (χ3v) is 5.40. The van der Waals surface area contributed by atoms with Gasteiger partial charge in [-0.3, -0.25) is 9.89 Å². The molecule has 0 saturated heterocycles. The number of hydrogen-bond donors (Lipinski definition) is 3. The van der Waals surface area contributed by atoms with Crippen molar-refractivity contribution in [1.82, 2.24) is 25.5 Å². The van der Waals surface area contributed by atoms with Gasteiger partial charge in [-0.25, -0.2) is 4.98 Å². The maximum atomic E-state index is 12.5. The number of aromatic amines is 2. The molecular weight excluding hydrogens is 350 g/mol. The third-order valence-electron chi connectivity index (χ3n) is 5.15. The molecule has 1 aliphatic carbocycles. The van der Waals surface area contributed by atoms with Gasteiger partial charge in [-0.2, -0.15) is 5.10 Å². The predicted octanol–water partition coefficient (Wildman–Crippen LogP) is 3.40. The topological polar surface area (TPSA) is 86.5 Å². The first-order chi connectivity index (χ1) is 12.7. The molecule has 6 nitrogen and oxygen atoms in total. The summed E-state index contributed by atoms with van der Waals surface area (Å²) in [4.78, 5) is 20.3. The molecule has 2 aromatic heterocycles. The highest BCUT2D eigenvalue weighted by Crippen LogP contribution is 2.39. The lowest BCUT2D eigenvalue weighted by Gasteiger charge is -2.14. The van der Waals surface area contributed by atoms with E-state index in [1.54, 1.807) is 0 Å². The minimum Gasteiger partial charge on any atom is -0.350 e. The van der Waals surface area contributed by atoms with Crippen molar-refractivity contribution in [2.45, 2.75) is 31.1 Å². The van der Waals surface area contributed by atoms with Gasteiger partial charge >= 0.3 is 0 Å². The zero-order valence-corrected chi connectivity index (χ0v) is 14.8. The Morgan fingerprint density at radius 3 is 2.69 bits per heavy atom. The number of carbonyl (C=O) groups is 1. The van der Waals surface area contributed by atoms with Crippen LogP contribution >= 0.6 is 11.6 Å². The summed E-state index contributed by atoms with van der Waals surface area (Å²) in [7, 11) is 0. The summed E-state index contributed by atoms with van der Waals surface area (Å²) in [5, 5.41) is 11.1. The second-order valence-electron chi connectivity index (χ2n) is 7.06. The Bertz CT molecular complexity index is 970. The van der Waals surface area contributed by atoms with Crippen molar-refractivity contribution >= 4 is 17.5 Å². The van der Waals surface area contributed by atoms with Crippen molar-refractivity contribution in [3.05, 3.63) is 58.0 Å². The first-order valence-corrected chi connectivity index (χ1v) is 9.23. The summed E-state index contributed by atoms with van der Waals surface area (Å²) < 4.78 is 0. The lowest BCUT2D eigenvalue weighted by atomic mass is 9.94. The molecule has 2 aliphatic rings. The second-order valence-corrected chi connectivity index (χ2v) is 7.49. The summed E-state index contributed by atoms with van der Waals surface area (Å²) in [6.45, 7) is 0.578. The van der Waals surface area contributed by atoms with Crippen molar-refractivity contribution in [3.8, 4) is 11.5 Å². The fraction of sp³-hybridized carbons (Fsp3) is 0.316. The molecule has 0 radical (unpaired) electrons. The number of H-pyrrole nitrogens is 2. The molecule has 0 bridgehead atoms. The Balaban J connectivity index is 1.46. The highest BCUT2D eigenvalue weighted by atomic mass is 35.5. The number of aromatic nitrogens is 4. The maximum Gasteiger partial charge on any atom is 0.271 e. The van der Waals surface area contributed by atoms with E-state index in [2.05, 4.69) is 25.5 Å². The Morgan fingerprint density at radius 1 is 1.12 bits per heavy atom. The number of fused-ring (bicyclic) bond motifs is 1. The molecule has 3 N–H and O–H groups in total. The van der Waals surface area contributed by atoms with Gasteiger partial charge in [-0.1, -0.05) is 23.7 Å². The van der Waals surface area contributed by atoms with E-state index >= 15 is 0 Å². The largest absolute Gasteiger partial charge is 0.350 e. The lowest BCUT2D eigenvalue weighted by Crippen LogP contribution is -2.26. The average Bonchev–Trinajstić information content (AvgIpc) is 3.26. The van der Waals surface area contributed by atoms with Gasteiger partial charge in [0.2, 0.25) is 0 Å². The van der Waals surface area contributed by atoms with Crippen molar-refractivity contribution < 1.29 is 4.79 Å². The Hall–Kier alpha value is -2.60. The molecule has 1 aliphatic heterocycles. The van der Waals surface area contributed by atoms with Gasteiger partial charge in [0.1, 0.15) is 11.4 Å². The molecular formula is C19H18ClN5O. The minimum absolute atomic E-state index is 0.142. The highest BCUT2D eigenvalue weighted by molar-refractivity contribution is 6.30. The molecule has 0 unspecified atom stereocenters. The summed E-state index contributed by atoms with van der Waals surface area (Å²) in [6.07, 6.45) is 3.13. The number of benzene rings is 1. The fourth-order valence-electron chi connectivity index (χ4n) is 3.52. The standard InChI is InChI=1S/C19H18ClN5O/c20-13-5-3-10(4-6-13)12-7-15-17(19(26)21-9-12)23-18(22-15)16-8-14(24-25-16)11-1-2-11/h3-6,8,11-12H,1-2,7,9H2,(H,21,26)(H,22,23)(H,24,25)/t12-/m1/s1. The first-order valence-electron chi connectivity index (χ1n) is 8.85.